The lowest BCUT2D eigenvalue weighted by molar-refractivity contribution is -0.121. The van der Waals surface area contributed by atoms with Crippen LogP contribution in [0.3, 0.4) is 0 Å². The molecule has 4 rings (SSSR count). The van der Waals surface area contributed by atoms with Gasteiger partial charge in [0.2, 0.25) is 11.9 Å². The maximum Gasteiger partial charge on any atom is 0.249 e. The van der Waals surface area contributed by atoms with E-state index in [1.54, 1.807) is 7.11 Å². The number of hydrogen-bond acceptors (Lipinski definition) is 6. The highest BCUT2D eigenvalue weighted by Crippen LogP contribution is 2.41. The van der Waals surface area contributed by atoms with E-state index < -0.39 is 0 Å². The standard InChI is InChI=1S/C25H31N3O4/c1-31-23-19-17-28-21(16-18-10-6-5-7-11-18)24(30)27-25(28)26-20(19)12-13-22(23)32-15-9-4-2-3-8-14-29/h5-7,10-13,21,29H,2-4,8-9,14-17H2,1H3,(H,26,27,30). The van der Waals surface area contributed by atoms with Gasteiger partial charge in [0.05, 0.1) is 25.9 Å². The highest BCUT2D eigenvalue weighted by atomic mass is 16.5. The molecule has 0 aromatic heterocycles. The van der Waals surface area contributed by atoms with Crippen LogP contribution >= 0.6 is 0 Å². The first kappa shape index (κ1) is 22.1. The number of amides is 1. The molecule has 2 aromatic rings. The second kappa shape index (κ2) is 10.5. The smallest absolute Gasteiger partial charge is 0.249 e. The summed E-state index contributed by atoms with van der Waals surface area (Å²) in [5, 5.41) is 11.8. The number of carbonyl (C=O) groups is 1. The van der Waals surface area contributed by atoms with Crippen molar-refractivity contribution < 1.29 is 19.4 Å². The fraction of sp³-hybridized carbons (Fsp3) is 0.440. The van der Waals surface area contributed by atoms with Crippen molar-refractivity contribution in [2.75, 3.05) is 20.3 Å². The number of nitrogens with zero attached hydrogens (tertiary/aromatic N) is 2. The number of nitrogens with one attached hydrogen (secondary N) is 1. The number of benzene rings is 2. The molecule has 2 aromatic carbocycles. The zero-order valence-corrected chi connectivity index (χ0v) is 18.5. The molecule has 1 amide bonds. The molecule has 1 saturated heterocycles. The van der Waals surface area contributed by atoms with Crippen molar-refractivity contribution in [3.05, 3.63) is 53.6 Å². The van der Waals surface area contributed by atoms with Crippen molar-refractivity contribution in [1.82, 2.24) is 10.2 Å². The van der Waals surface area contributed by atoms with Gasteiger partial charge in [0.15, 0.2) is 11.5 Å². The zero-order chi connectivity index (χ0) is 22.3. The van der Waals surface area contributed by atoms with Crippen LogP contribution in [-0.4, -0.2) is 48.2 Å². The van der Waals surface area contributed by atoms with E-state index in [0.717, 1.165) is 48.9 Å². The molecule has 0 bridgehead atoms. The first-order chi connectivity index (χ1) is 15.7. The van der Waals surface area contributed by atoms with Gasteiger partial charge in [0.1, 0.15) is 6.04 Å². The Balaban J connectivity index is 1.45. The van der Waals surface area contributed by atoms with Gasteiger partial charge >= 0.3 is 0 Å². The summed E-state index contributed by atoms with van der Waals surface area (Å²) in [6.45, 7) is 1.41. The van der Waals surface area contributed by atoms with Gasteiger partial charge in [0, 0.05) is 18.6 Å². The summed E-state index contributed by atoms with van der Waals surface area (Å²) in [5.74, 6) is 1.96. The van der Waals surface area contributed by atoms with Gasteiger partial charge < -0.3 is 19.5 Å². The Kier molecular flexibility index (Phi) is 7.27. The Morgan fingerprint density at radius 1 is 1.09 bits per heavy atom. The maximum atomic E-state index is 12.7. The van der Waals surface area contributed by atoms with Crippen molar-refractivity contribution in [3.8, 4) is 11.5 Å². The minimum Gasteiger partial charge on any atom is -0.492 e. The summed E-state index contributed by atoms with van der Waals surface area (Å²) in [6, 6.07) is 13.5. The molecule has 2 aliphatic rings. The highest BCUT2D eigenvalue weighted by Gasteiger charge is 2.40. The van der Waals surface area contributed by atoms with Crippen LogP contribution in [0, 0.1) is 0 Å². The predicted molar refractivity (Wildman–Crippen MR) is 123 cm³/mol. The van der Waals surface area contributed by atoms with Crippen LogP contribution in [0.2, 0.25) is 0 Å². The largest absolute Gasteiger partial charge is 0.492 e. The average molecular weight is 438 g/mol. The molecule has 2 heterocycles. The normalized spacial score (nSPS) is 16.8. The van der Waals surface area contributed by atoms with Crippen molar-refractivity contribution in [2.24, 2.45) is 4.99 Å². The number of ether oxygens (including phenoxy) is 2. The van der Waals surface area contributed by atoms with Gasteiger partial charge in [0.25, 0.3) is 0 Å². The van der Waals surface area contributed by atoms with E-state index in [9.17, 15) is 4.79 Å². The monoisotopic (exact) mass is 437 g/mol. The van der Waals surface area contributed by atoms with Crippen molar-refractivity contribution >= 4 is 17.6 Å². The fourth-order valence-electron chi connectivity index (χ4n) is 4.27. The summed E-state index contributed by atoms with van der Waals surface area (Å²) in [5.41, 5.74) is 2.85. The van der Waals surface area contributed by atoms with Crippen LogP contribution in [0.4, 0.5) is 5.69 Å². The van der Waals surface area contributed by atoms with Gasteiger partial charge in [-0.3, -0.25) is 10.1 Å². The molecule has 7 heteroatoms. The molecule has 1 fully saturated rings. The summed E-state index contributed by atoms with van der Waals surface area (Å²) in [6.07, 6.45) is 5.66. The molecule has 0 aliphatic carbocycles. The topological polar surface area (TPSA) is 83.4 Å². The Morgan fingerprint density at radius 2 is 1.88 bits per heavy atom. The molecule has 0 spiro atoms. The number of carbonyl (C=O) groups excluding carboxylic acids is 1. The number of fused-ring (bicyclic) bond motifs is 2. The SMILES string of the molecule is COc1c(OCCCCCCCO)ccc2c1CN1C(=N2)NC(=O)C1Cc1ccccc1. The number of rotatable bonds is 11. The van der Waals surface area contributed by atoms with E-state index >= 15 is 0 Å². The lowest BCUT2D eigenvalue weighted by atomic mass is 10.0. The van der Waals surface area contributed by atoms with Gasteiger partial charge in [-0.25, -0.2) is 4.99 Å². The number of unbranched alkanes of at least 4 members (excludes halogenated alkanes) is 4. The third-order valence-electron chi connectivity index (χ3n) is 5.98. The Morgan fingerprint density at radius 3 is 2.66 bits per heavy atom. The molecule has 1 unspecified atom stereocenters. The Labute approximate surface area is 189 Å². The van der Waals surface area contributed by atoms with Crippen molar-refractivity contribution in [1.29, 1.82) is 0 Å². The van der Waals surface area contributed by atoms with E-state index in [1.807, 2.05) is 47.4 Å². The van der Waals surface area contributed by atoms with Gasteiger partial charge in [-0.05, 0) is 30.5 Å². The van der Waals surface area contributed by atoms with Crippen molar-refractivity contribution in [2.45, 2.75) is 51.1 Å². The van der Waals surface area contributed by atoms with E-state index in [1.165, 1.54) is 0 Å². The number of guanidine groups is 1. The van der Waals surface area contributed by atoms with Gasteiger partial charge in [-0.2, -0.15) is 0 Å². The Bertz CT molecular complexity index is 961. The van der Waals surface area contributed by atoms with E-state index in [0.29, 0.717) is 37.0 Å². The lowest BCUT2D eigenvalue weighted by Gasteiger charge is -2.29. The molecule has 32 heavy (non-hydrogen) atoms. The molecule has 0 radical (unpaired) electrons. The van der Waals surface area contributed by atoms with Crippen LogP contribution in [-0.2, 0) is 17.8 Å². The van der Waals surface area contributed by atoms with E-state index in [2.05, 4.69) is 5.32 Å². The third kappa shape index (κ3) is 4.88. The summed E-state index contributed by atoms with van der Waals surface area (Å²) in [4.78, 5) is 19.4. The predicted octanol–water partition coefficient (Wildman–Crippen LogP) is 3.56. The third-order valence-corrected chi connectivity index (χ3v) is 5.98. The average Bonchev–Trinajstić information content (AvgIpc) is 3.11. The van der Waals surface area contributed by atoms with Gasteiger partial charge in [-0.15, -0.1) is 0 Å². The second-order valence-corrected chi connectivity index (χ2v) is 8.19. The van der Waals surface area contributed by atoms with Crippen LogP contribution in [0.5, 0.6) is 11.5 Å². The van der Waals surface area contributed by atoms with Crippen LogP contribution in [0.15, 0.2) is 47.5 Å². The van der Waals surface area contributed by atoms with Crippen LogP contribution in [0.25, 0.3) is 0 Å². The zero-order valence-electron chi connectivity index (χ0n) is 18.5. The summed E-state index contributed by atoms with van der Waals surface area (Å²) in [7, 11) is 1.64. The first-order valence-corrected chi connectivity index (χ1v) is 11.3. The second-order valence-electron chi connectivity index (χ2n) is 8.19. The fourth-order valence-corrected chi connectivity index (χ4v) is 4.27. The Hall–Kier alpha value is -3.06. The molecular weight excluding hydrogens is 406 g/mol. The number of aliphatic hydroxyl groups is 1. The number of hydrogen-bond donors (Lipinski definition) is 2. The van der Waals surface area contributed by atoms with Crippen molar-refractivity contribution in [3.63, 3.8) is 0 Å². The number of methoxy groups -OCH3 is 1. The molecule has 2 aliphatic heterocycles. The van der Waals surface area contributed by atoms with E-state index in [-0.39, 0.29) is 18.6 Å². The molecule has 1 atom stereocenters. The minimum atomic E-state index is -0.308. The number of aliphatic hydroxyl groups excluding tert-OH is 1. The summed E-state index contributed by atoms with van der Waals surface area (Å²) < 4.78 is 11.8. The number of aliphatic imine (C=N–C) groups is 1. The molecule has 0 saturated carbocycles. The lowest BCUT2D eigenvalue weighted by Crippen LogP contribution is -2.38. The van der Waals surface area contributed by atoms with Gasteiger partial charge in [-0.1, -0.05) is 49.6 Å². The molecule has 7 nitrogen and oxygen atoms in total. The molecular formula is C25H31N3O4. The maximum absolute atomic E-state index is 12.7. The first-order valence-electron chi connectivity index (χ1n) is 11.3. The quantitative estimate of drug-likeness (QED) is 0.525. The highest BCUT2D eigenvalue weighted by molar-refractivity contribution is 6.08. The van der Waals surface area contributed by atoms with Crippen LogP contribution < -0.4 is 14.8 Å². The molecule has 170 valence electrons. The van der Waals surface area contributed by atoms with E-state index in [4.69, 9.17) is 19.6 Å². The molecule has 2 N–H and O–H groups in total. The summed E-state index contributed by atoms with van der Waals surface area (Å²) >= 11 is 0. The minimum absolute atomic E-state index is 0.0305. The van der Waals surface area contributed by atoms with Crippen LogP contribution in [0.1, 0.15) is 43.2 Å².